The first-order valence-corrected chi connectivity index (χ1v) is 13.6. The highest BCUT2D eigenvalue weighted by Crippen LogP contribution is 2.57. The first-order chi connectivity index (χ1) is 19.4. The standard InChI is InChI=1S/C28H24BrClF3N5O3/c1-38-22-13-23(41-2)18(24(39)35-17-6-4-16(29)5-7-17)12-21(22)37-26(38)36-20-11-15(3-8-19(20)30)14-34-25(40)27(9-10-27)28(31,32)33/h3-8,11-13H,9-10,14H2,1-2H3,(H,34,40)(H,35,39)(H,36,37). The van der Waals surface area contributed by atoms with E-state index in [0.29, 0.717) is 44.7 Å². The molecule has 0 spiro atoms. The molecule has 1 aliphatic rings. The number of methoxy groups -OCH3 is 1. The number of rotatable bonds is 8. The van der Waals surface area contributed by atoms with Crippen LogP contribution in [0.25, 0.3) is 11.0 Å². The Morgan fingerprint density at radius 2 is 1.83 bits per heavy atom. The van der Waals surface area contributed by atoms with Gasteiger partial charge in [0.05, 0.1) is 34.4 Å². The van der Waals surface area contributed by atoms with Gasteiger partial charge in [0, 0.05) is 29.8 Å². The fraction of sp³-hybridized carbons (Fsp3) is 0.250. The van der Waals surface area contributed by atoms with Crippen LogP contribution in [0, 0.1) is 5.41 Å². The first kappa shape index (κ1) is 28.7. The summed E-state index contributed by atoms with van der Waals surface area (Å²) < 4.78 is 47.9. The summed E-state index contributed by atoms with van der Waals surface area (Å²) in [6, 6.07) is 15.3. The van der Waals surface area contributed by atoms with Crippen molar-refractivity contribution in [3.63, 3.8) is 0 Å². The first-order valence-electron chi connectivity index (χ1n) is 12.4. The predicted molar refractivity (Wildman–Crippen MR) is 154 cm³/mol. The van der Waals surface area contributed by atoms with Crippen LogP contribution in [0.4, 0.5) is 30.5 Å². The van der Waals surface area contributed by atoms with Crippen molar-refractivity contribution in [2.45, 2.75) is 25.6 Å². The van der Waals surface area contributed by atoms with Gasteiger partial charge in [0.15, 0.2) is 0 Å². The molecule has 4 aromatic rings. The van der Waals surface area contributed by atoms with E-state index in [4.69, 9.17) is 16.3 Å². The van der Waals surface area contributed by atoms with Crippen LogP contribution in [0.1, 0.15) is 28.8 Å². The van der Waals surface area contributed by atoms with E-state index >= 15 is 0 Å². The quantitative estimate of drug-likeness (QED) is 0.192. The van der Waals surface area contributed by atoms with Crippen LogP contribution in [0.2, 0.25) is 5.02 Å². The molecule has 1 saturated carbocycles. The monoisotopic (exact) mass is 649 g/mol. The van der Waals surface area contributed by atoms with Crippen LogP contribution in [-0.4, -0.2) is 34.7 Å². The number of hydrogen-bond acceptors (Lipinski definition) is 5. The van der Waals surface area contributed by atoms with Crippen molar-refractivity contribution >= 4 is 67.7 Å². The fourth-order valence-electron chi connectivity index (χ4n) is 4.42. The third-order valence-electron chi connectivity index (χ3n) is 7.01. The molecule has 8 nitrogen and oxygen atoms in total. The Morgan fingerprint density at radius 3 is 2.46 bits per heavy atom. The third-order valence-corrected chi connectivity index (χ3v) is 7.86. The van der Waals surface area contributed by atoms with E-state index in [9.17, 15) is 22.8 Å². The number of amides is 2. The van der Waals surface area contributed by atoms with Gasteiger partial charge in [-0.1, -0.05) is 33.6 Å². The van der Waals surface area contributed by atoms with Crippen LogP contribution in [0.15, 0.2) is 59.1 Å². The van der Waals surface area contributed by atoms with E-state index in [1.807, 2.05) is 12.1 Å². The number of hydrogen-bond donors (Lipinski definition) is 3. The zero-order chi connectivity index (χ0) is 29.5. The van der Waals surface area contributed by atoms with Gasteiger partial charge in [-0.3, -0.25) is 9.59 Å². The lowest BCUT2D eigenvalue weighted by atomic mass is 10.1. The zero-order valence-electron chi connectivity index (χ0n) is 21.8. The molecule has 13 heteroatoms. The van der Waals surface area contributed by atoms with Crippen LogP contribution in [0.5, 0.6) is 5.75 Å². The summed E-state index contributed by atoms with van der Waals surface area (Å²) in [6.07, 6.45) is -4.99. The van der Waals surface area contributed by atoms with Gasteiger partial charge in [0.25, 0.3) is 5.91 Å². The molecule has 0 saturated heterocycles. The number of alkyl halides is 3. The highest BCUT2D eigenvalue weighted by atomic mass is 79.9. The molecule has 0 radical (unpaired) electrons. The van der Waals surface area contributed by atoms with Crippen molar-refractivity contribution in [2.75, 3.05) is 17.7 Å². The van der Waals surface area contributed by atoms with Gasteiger partial charge >= 0.3 is 6.18 Å². The fourth-order valence-corrected chi connectivity index (χ4v) is 4.85. The molecule has 0 unspecified atom stereocenters. The maximum absolute atomic E-state index is 13.3. The number of anilines is 3. The predicted octanol–water partition coefficient (Wildman–Crippen LogP) is 6.95. The zero-order valence-corrected chi connectivity index (χ0v) is 24.2. The number of ether oxygens (including phenoxy) is 1. The summed E-state index contributed by atoms with van der Waals surface area (Å²) in [6.45, 7) is -0.0981. The lowest BCUT2D eigenvalue weighted by Crippen LogP contribution is -2.40. The second-order valence-electron chi connectivity index (χ2n) is 9.70. The highest BCUT2D eigenvalue weighted by molar-refractivity contribution is 9.10. The van der Waals surface area contributed by atoms with Crippen LogP contribution < -0.4 is 20.7 Å². The number of nitrogens with zero attached hydrogens (tertiary/aromatic N) is 2. The molecule has 0 atom stereocenters. The van der Waals surface area contributed by atoms with Gasteiger partial charge in [-0.25, -0.2) is 4.98 Å². The number of aromatic nitrogens is 2. The molecule has 1 heterocycles. The molecule has 0 aliphatic heterocycles. The molecule has 1 fully saturated rings. The summed E-state index contributed by atoms with van der Waals surface area (Å²) >= 11 is 9.76. The molecule has 0 bridgehead atoms. The van der Waals surface area contributed by atoms with Crippen molar-refractivity contribution in [1.82, 2.24) is 14.9 Å². The number of aryl methyl sites for hydroxylation is 1. The Hall–Kier alpha value is -3.77. The van der Waals surface area contributed by atoms with Crippen LogP contribution in [0.3, 0.4) is 0 Å². The number of halogens is 5. The van der Waals surface area contributed by atoms with Crippen molar-refractivity contribution in [3.05, 3.63) is 75.2 Å². The maximum atomic E-state index is 13.3. The van der Waals surface area contributed by atoms with E-state index in [-0.39, 0.29) is 30.9 Å². The van der Waals surface area contributed by atoms with Crippen molar-refractivity contribution in [2.24, 2.45) is 12.5 Å². The summed E-state index contributed by atoms with van der Waals surface area (Å²) in [7, 11) is 3.24. The maximum Gasteiger partial charge on any atom is 0.403 e. The number of carbonyl (C=O) groups excluding carboxylic acids is 2. The van der Waals surface area contributed by atoms with Gasteiger partial charge in [-0.2, -0.15) is 13.2 Å². The van der Waals surface area contributed by atoms with E-state index in [1.54, 1.807) is 54.1 Å². The molecule has 3 aromatic carbocycles. The van der Waals surface area contributed by atoms with Gasteiger partial charge in [0.1, 0.15) is 11.2 Å². The topological polar surface area (TPSA) is 97.3 Å². The molecule has 1 aromatic heterocycles. The van der Waals surface area contributed by atoms with Crippen LogP contribution in [-0.2, 0) is 18.4 Å². The van der Waals surface area contributed by atoms with E-state index in [0.717, 1.165) is 4.47 Å². The Morgan fingerprint density at radius 1 is 1.12 bits per heavy atom. The van der Waals surface area contributed by atoms with Crippen LogP contribution >= 0.6 is 27.5 Å². The molecule has 41 heavy (non-hydrogen) atoms. The Balaban J connectivity index is 1.36. The average molecular weight is 651 g/mol. The van der Waals surface area contributed by atoms with E-state index in [2.05, 4.69) is 36.9 Å². The molecule has 2 amide bonds. The highest BCUT2D eigenvalue weighted by Gasteiger charge is 2.68. The molecule has 5 rings (SSSR count). The smallest absolute Gasteiger partial charge is 0.403 e. The molecule has 214 valence electrons. The summed E-state index contributed by atoms with van der Waals surface area (Å²) in [5.74, 6) is -0.657. The SMILES string of the molecule is COc1cc2c(cc1C(=O)Nc1ccc(Br)cc1)nc(Nc1cc(CNC(=O)C3(C(F)(F)F)CC3)ccc1Cl)n2C. The summed E-state index contributed by atoms with van der Waals surface area (Å²) in [5, 5.41) is 8.72. The molecule has 3 N–H and O–H groups in total. The average Bonchev–Trinajstić information content (AvgIpc) is 3.71. The molecular weight excluding hydrogens is 627 g/mol. The number of benzene rings is 3. The number of nitrogens with one attached hydrogen (secondary N) is 3. The summed E-state index contributed by atoms with van der Waals surface area (Å²) in [4.78, 5) is 29.9. The van der Waals surface area contributed by atoms with E-state index < -0.39 is 17.5 Å². The molecule has 1 aliphatic carbocycles. The minimum atomic E-state index is -4.58. The second kappa shape index (κ2) is 10.9. The molecular formula is C28H24BrClF3N5O3. The minimum Gasteiger partial charge on any atom is -0.496 e. The van der Waals surface area contributed by atoms with Crippen molar-refractivity contribution in [3.8, 4) is 5.75 Å². The minimum absolute atomic E-state index is 0.0981. The van der Waals surface area contributed by atoms with Crippen molar-refractivity contribution in [1.29, 1.82) is 0 Å². The third kappa shape index (κ3) is 5.71. The summed E-state index contributed by atoms with van der Waals surface area (Å²) in [5.41, 5.74) is 0.784. The largest absolute Gasteiger partial charge is 0.496 e. The van der Waals surface area contributed by atoms with Gasteiger partial charge in [-0.15, -0.1) is 0 Å². The Bertz CT molecular complexity index is 1650. The number of imidazole rings is 1. The second-order valence-corrected chi connectivity index (χ2v) is 11.0. The van der Waals surface area contributed by atoms with Gasteiger partial charge in [0.2, 0.25) is 11.9 Å². The van der Waals surface area contributed by atoms with Gasteiger partial charge < -0.3 is 25.3 Å². The Labute approximate surface area is 246 Å². The lowest BCUT2D eigenvalue weighted by Gasteiger charge is -2.18. The van der Waals surface area contributed by atoms with E-state index in [1.165, 1.54) is 7.11 Å². The van der Waals surface area contributed by atoms with Crippen molar-refractivity contribution < 1.29 is 27.5 Å². The Kier molecular flexibility index (Phi) is 7.64. The normalized spacial score (nSPS) is 14.0. The number of fused-ring (bicyclic) bond motifs is 1. The van der Waals surface area contributed by atoms with Gasteiger partial charge in [-0.05, 0) is 60.9 Å². The number of carbonyl (C=O) groups is 2. The lowest BCUT2D eigenvalue weighted by molar-refractivity contribution is -0.192.